The zero-order valence-corrected chi connectivity index (χ0v) is 60.0. The van der Waals surface area contributed by atoms with Crippen LogP contribution in [0.25, 0.3) is 33.5 Å². The van der Waals surface area contributed by atoms with Gasteiger partial charge in [0.05, 0.1) is 67.7 Å². The van der Waals surface area contributed by atoms with E-state index in [0.29, 0.717) is 51.0 Å². The number of hydrogen-bond donors (Lipinski definition) is 6. The van der Waals surface area contributed by atoms with E-state index in [0.717, 1.165) is 19.3 Å². The van der Waals surface area contributed by atoms with E-state index in [1.165, 1.54) is 47.1 Å². The van der Waals surface area contributed by atoms with E-state index in [1.807, 2.05) is 54.5 Å². The molecule has 23 atom stereocenters. The van der Waals surface area contributed by atoms with Gasteiger partial charge in [-0.3, -0.25) is 13.7 Å². The summed E-state index contributed by atoms with van der Waals surface area (Å²) >= 11 is 9.06. The van der Waals surface area contributed by atoms with Crippen LogP contribution in [-0.2, 0) is 47.5 Å². The maximum Gasteiger partial charge on any atom is 0.373 e. The van der Waals surface area contributed by atoms with Gasteiger partial charge in [0.15, 0.2) is 77.1 Å². The molecule has 2 unspecified atom stereocenters. The van der Waals surface area contributed by atoms with Gasteiger partial charge in [-0.15, -0.1) is 0 Å². The molecule has 566 valence electrons. The number of carbonyl (C=O) groups excluding carboxylic acids is 4. The first kappa shape index (κ1) is 81.7. The third kappa shape index (κ3) is 18.8. The van der Waals surface area contributed by atoms with Crippen molar-refractivity contribution in [2.75, 3.05) is 24.7 Å². The second-order valence-corrected chi connectivity index (χ2v) is 26.0. The number of fused-ring (bicyclic) bond motifs is 3. The first-order chi connectivity index (χ1) is 49.8. The molecule has 6 aliphatic rings. The summed E-state index contributed by atoms with van der Waals surface area (Å²) in [6.45, 7) is 14.8. The molecule has 104 heavy (non-hydrogen) atoms. The zero-order valence-electron chi connectivity index (χ0n) is 57.6. The molecule has 6 saturated heterocycles. The molecule has 0 amide bonds. The van der Waals surface area contributed by atoms with Gasteiger partial charge in [-0.1, -0.05) is 119 Å². The van der Waals surface area contributed by atoms with Gasteiger partial charge >= 0.3 is 18.1 Å². The number of nitrogens with zero attached hydrogens (tertiary/aromatic N) is 12. The minimum Gasteiger partial charge on any atom is -0.429 e. The molecular weight excluding hydrogens is 1470 g/mol. The molecule has 37 heteroatoms. The van der Waals surface area contributed by atoms with Crippen molar-refractivity contribution in [2.45, 2.75) is 197 Å². The van der Waals surface area contributed by atoms with Gasteiger partial charge in [-0.05, 0) is 49.9 Å². The number of halogens is 7. The average molecular weight is 1550 g/mol. The Morgan fingerprint density at radius 3 is 1.36 bits per heavy atom. The van der Waals surface area contributed by atoms with Crippen molar-refractivity contribution in [1.82, 2.24) is 58.6 Å². The molecule has 6 aliphatic heterocycles. The molecule has 8 aromatic rings. The number of benzene rings is 2. The first-order valence-electron chi connectivity index (χ1n) is 33.4. The number of ether oxygens (including phenoxy) is 8. The second kappa shape index (κ2) is 37.8. The van der Waals surface area contributed by atoms with E-state index in [4.69, 9.17) is 75.7 Å². The van der Waals surface area contributed by atoms with Crippen molar-refractivity contribution < 1.29 is 99.5 Å². The number of imidazole rings is 3. The Labute approximate surface area is 606 Å². The number of aliphatic hydroxyl groups excluding tert-OH is 4. The number of esters is 2. The Balaban J connectivity index is 0.000000158. The Morgan fingerprint density at radius 2 is 0.933 bits per heavy atom. The highest BCUT2D eigenvalue weighted by molar-refractivity contribution is 9.09. The zero-order chi connectivity index (χ0) is 75.8. The van der Waals surface area contributed by atoms with Crippen LogP contribution in [-0.4, -0.2) is 208 Å². The molecule has 14 rings (SSSR count). The fourth-order valence-corrected chi connectivity index (χ4v) is 13.0. The average Bonchev–Trinajstić information content (AvgIpc) is 1.64. The monoisotopic (exact) mass is 1550 g/mol. The molecule has 0 aliphatic carbocycles. The molecule has 0 spiro atoms. The number of nitrogens with two attached hydrogens (primary N) is 2. The highest BCUT2D eigenvalue weighted by Gasteiger charge is 2.48. The largest absolute Gasteiger partial charge is 0.429 e. The van der Waals surface area contributed by atoms with Crippen LogP contribution in [0.15, 0.2) is 98.6 Å². The first-order valence-corrected chi connectivity index (χ1v) is 34.7. The predicted octanol–water partition coefficient (Wildman–Crippen LogP) is 8.23. The van der Waals surface area contributed by atoms with Gasteiger partial charge in [-0.2, -0.15) is 9.59 Å². The molecule has 30 nitrogen and oxygen atoms in total. The Kier molecular flexibility index (Phi) is 29.7. The highest BCUT2D eigenvalue weighted by atomic mass is 79.9. The van der Waals surface area contributed by atoms with Crippen LogP contribution >= 0.6 is 27.5 Å². The van der Waals surface area contributed by atoms with Crippen LogP contribution in [0.2, 0.25) is 5.15 Å². The van der Waals surface area contributed by atoms with Crippen molar-refractivity contribution >= 4 is 90.7 Å². The summed E-state index contributed by atoms with van der Waals surface area (Å²) in [6.07, 6.45) is -4.10. The molecular formula is C67H83BrClF5N14O16. The highest BCUT2D eigenvalue weighted by Crippen LogP contribution is 2.40. The molecule has 12 heterocycles. The van der Waals surface area contributed by atoms with Crippen LogP contribution in [0.4, 0.5) is 33.6 Å². The molecule has 0 bridgehead atoms. The van der Waals surface area contributed by atoms with E-state index < -0.39 is 105 Å². The van der Waals surface area contributed by atoms with Crippen molar-refractivity contribution in [3.8, 4) is 0 Å². The number of hydrogen-bond acceptors (Lipinski definition) is 27. The third-order valence-corrected chi connectivity index (χ3v) is 19.2. The summed E-state index contributed by atoms with van der Waals surface area (Å²) in [6, 6.07) is 17.2. The van der Waals surface area contributed by atoms with Crippen molar-refractivity contribution in [3.63, 3.8) is 0 Å². The van der Waals surface area contributed by atoms with E-state index in [9.17, 15) is 46.9 Å². The third-order valence-electron chi connectivity index (χ3n) is 18.2. The summed E-state index contributed by atoms with van der Waals surface area (Å²) in [4.78, 5) is 75.5. The molecule has 6 fully saturated rings. The quantitative estimate of drug-likeness (QED) is 0.0290. The van der Waals surface area contributed by atoms with Gasteiger partial charge in [0, 0.05) is 23.7 Å². The van der Waals surface area contributed by atoms with Gasteiger partial charge < -0.3 is 69.8 Å². The SMILES string of the molecule is CC[C@H]1OC(OC(=O)c2ccccc2)[C@@H](F)[C@@H]1C.CC[C@H]1OC(OC(=O)c2ccccc2)[C@@H](O)[C@@H]1C.CC[C@H]1O[C@@H](Br)[C@@H](F)[C@@H]1C.CC[C@H]1O[C@@H](n2cnc3c(Cl)ncnc32)[C@@H](F)[C@@H]1C.Nc1ncnc2c1ncn2[C@@H]1OC[C@@H](O)[C@@H]1F.Nc1ncnc2c1ncn2[C@@H]1O[C@H](CO)[C@@H](O)[C@@H]1F.O=C=O. The predicted molar refractivity (Wildman–Crippen MR) is 364 cm³/mol. The fraction of sp³-hybridized carbons (Fsp3) is 0.552. The number of nitrogen functional groups attached to an aromatic ring is 2. The van der Waals surface area contributed by atoms with Gasteiger partial charge in [-0.25, -0.2) is 76.4 Å². The van der Waals surface area contributed by atoms with E-state index in [1.54, 1.807) is 66.1 Å². The smallest absolute Gasteiger partial charge is 0.373 e. The summed E-state index contributed by atoms with van der Waals surface area (Å²) in [5, 5.41) is 37.7. The Hall–Kier alpha value is -7.97. The minimum atomic E-state index is -1.69. The molecule has 0 saturated carbocycles. The van der Waals surface area contributed by atoms with Gasteiger partial charge in [0.2, 0.25) is 12.6 Å². The molecule has 0 radical (unpaired) electrons. The number of aliphatic hydroxyl groups is 4. The number of carbonyl (C=O) groups is 2. The lowest BCUT2D eigenvalue weighted by molar-refractivity contribution is -0.191. The van der Waals surface area contributed by atoms with Gasteiger partial charge in [0.25, 0.3) is 0 Å². The standard InChI is InChI=1S/C14H17FO3.C14H18O4.C12H14ClFN4O.C10H12FN5O3.C9H10FN5O2.C7H12BrFO.CO2/c2*1-3-11-9(2)12(15)14(17-11)18-13(16)10-7-5-4-6-8-10;1-3-7-6(2)8(14)12(19-7)18-5-17-9-10(13)15-4-16-11(9)18;11-5-7(18)4(1-17)19-10(5)16-3-15-6-8(12)13-2-14-9(6)16;10-5-4(16)1-17-9(5)15-3-14-6-7(11)12-2-13-8(6)15;1-3-5-4(2)6(9)7(8)10-5;2-1-3/h4-9,11-12,14H,3H2,1-2H3;4-9,11-12,14-15H,3H2,1-2H3;4-8,12H,3H2,1-2H3;2-5,7,10,17-18H,1H2,(H2,12,13,14);2-5,9,16H,1H2,(H2,11,12,13);4-7H,3H2,1-2H3;/t2*9-,11-,12+,14?;6-,7-,8+,12-;4-,5+,7-,10-;4-,5+,9-;4-,5-,6+,7-;/m111111./s1. The lowest BCUT2D eigenvalue weighted by atomic mass is 9.99. The lowest BCUT2D eigenvalue weighted by Gasteiger charge is -2.15. The van der Waals surface area contributed by atoms with E-state index in [-0.39, 0.29) is 82.6 Å². The maximum atomic E-state index is 14.4. The van der Waals surface area contributed by atoms with Crippen molar-refractivity contribution in [3.05, 3.63) is 115 Å². The van der Waals surface area contributed by atoms with Crippen LogP contribution in [0, 0.1) is 23.7 Å². The molecule has 2 aromatic carbocycles. The Bertz CT molecular complexity index is 3890. The summed E-state index contributed by atoms with van der Waals surface area (Å²) in [5.74, 6) is -0.999. The van der Waals surface area contributed by atoms with Crippen LogP contribution in [0.1, 0.15) is 120 Å². The second-order valence-electron chi connectivity index (χ2n) is 24.8. The van der Waals surface area contributed by atoms with Crippen LogP contribution < -0.4 is 11.5 Å². The summed E-state index contributed by atoms with van der Waals surface area (Å²) in [7, 11) is 0. The number of rotatable bonds is 12. The summed E-state index contributed by atoms with van der Waals surface area (Å²) in [5.41, 5.74) is 14.5. The van der Waals surface area contributed by atoms with Crippen molar-refractivity contribution in [1.29, 1.82) is 0 Å². The minimum absolute atomic E-state index is 0.0245. The molecule has 8 N–H and O–H groups in total. The van der Waals surface area contributed by atoms with Crippen molar-refractivity contribution in [2.24, 2.45) is 23.7 Å². The normalized spacial score (nSPS) is 31.6. The van der Waals surface area contributed by atoms with Crippen LogP contribution in [0.3, 0.4) is 0 Å². The maximum absolute atomic E-state index is 14.4. The topological polar surface area (TPSA) is 406 Å². The lowest BCUT2D eigenvalue weighted by Crippen LogP contribution is -2.30. The van der Waals surface area contributed by atoms with Crippen LogP contribution in [0.5, 0.6) is 0 Å². The molecule has 6 aromatic heterocycles. The fourth-order valence-electron chi connectivity index (χ4n) is 12.1. The Morgan fingerprint density at radius 1 is 0.529 bits per heavy atom. The van der Waals surface area contributed by atoms with E-state index in [2.05, 4.69) is 60.8 Å². The number of aromatic nitrogens is 12. The van der Waals surface area contributed by atoms with Gasteiger partial charge in [0.1, 0.15) is 71.1 Å². The summed E-state index contributed by atoms with van der Waals surface area (Å²) < 4.78 is 116. The number of anilines is 2. The van der Waals surface area contributed by atoms with E-state index >= 15 is 0 Å². The number of alkyl halides is 6.